The number of hydrogen-bond donors (Lipinski definition) is 2. The number of halogens is 6. The first kappa shape index (κ1) is 30.2. The number of nitrogens with one attached hydrogen (secondary N) is 1. The van der Waals surface area contributed by atoms with E-state index in [1.165, 1.54) is 50.8 Å². The average Bonchev–Trinajstić information content (AvgIpc) is 3.32. The standard InChI is InChI=1S/C19H27N.C10H9F6NO/c1-16-7-10-19(15-16)20-13-11-18(12-14-20)9-8-17-5-3-2-4-6-17;11-9(12,13)7-1-6(4-17-5-18)2-8(3-7)10(14,15)16/h2-6,8-9,16,18-19H,7,10-15H2,1H3;1-3,17-18H,4-5H2/b9-8-;. The Morgan fingerprint density at radius 2 is 1.50 bits per heavy atom. The van der Waals surface area contributed by atoms with Gasteiger partial charge in [0.1, 0.15) is 0 Å². The van der Waals surface area contributed by atoms with Gasteiger partial charge in [0.2, 0.25) is 0 Å². The normalized spacial score (nSPS) is 21.5. The SMILES string of the molecule is CC1CCC(N2CCC(/C=C\c3ccccc3)CC2)C1.OCNCc1cc(C(F)(F)F)cc(C(F)(F)F)c1. The number of benzene rings is 2. The molecular weight excluding hydrogens is 506 g/mol. The Hall–Kier alpha value is -2.36. The fourth-order valence-electron chi connectivity index (χ4n) is 5.12. The number of rotatable bonds is 6. The van der Waals surface area contributed by atoms with Gasteiger partial charge in [-0.25, -0.2) is 0 Å². The Labute approximate surface area is 220 Å². The van der Waals surface area contributed by atoms with Crippen LogP contribution in [0.4, 0.5) is 26.3 Å². The maximum absolute atomic E-state index is 12.4. The van der Waals surface area contributed by atoms with E-state index in [-0.39, 0.29) is 18.2 Å². The number of likely N-dealkylation sites (tertiary alicyclic amines) is 1. The van der Waals surface area contributed by atoms with Crippen molar-refractivity contribution in [1.82, 2.24) is 10.2 Å². The van der Waals surface area contributed by atoms with Crippen LogP contribution in [0, 0.1) is 11.8 Å². The summed E-state index contributed by atoms with van der Waals surface area (Å²) in [6, 6.07) is 12.9. The molecule has 0 radical (unpaired) electrons. The molecule has 0 amide bonds. The van der Waals surface area contributed by atoms with Gasteiger partial charge in [-0.05, 0) is 86.4 Å². The molecule has 2 N–H and O–H groups in total. The third kappa shape index (κ3) is 9.43. The minimum atomic E-state index is -4.85. The molecule has 4 rings (SSSR count). The number of nitrogens with zero attached hydrogens (tertiary/aromatic N) is 1. The van der Waals surface area contributed by atoms with Crippen LogP contribution in [0.25, 0.3) is 6.08 Å². The van der Waals surface area contributed by atoms with Crippen LogP contribution in [0.1, 0.15) is 61.3 Å². The Balaban J connectivity index is 0.000000212. The largest absolute Gasteiger partial charge is 0.416 e. The van der Waals surface area contributed by atoms with E-state index in [0.717, 1.165) is 17.9 Å². The molecule has 3 nitrogen and oxygen atoms in total. The van der Waals surface area contributed by atoms with Crippen molar-refractivity contribution in [2.24, 2.45) is 11.8 Å². The molecule has 0 spiro atoms. The van der Waals surface area contributed by atoms with Gasteiger partial charge in [0.15, 0.2) is 0 Å². The van der Waals surface area contributed by atoms with Crippen molar-refractivity contribution < 1.29 is 31.4 Å². The minimum Gasteiger partial charge on any atom is -0.381 e. The van der Waals surface area contributed by atoms with Gasteiger partial charge in [0, 0.05) is 12.6 Å². The lowest BCUT2D eigenvalue weighted by atomic mass is 9.94. The molecule has 38 heavy (non-hydrogen) atoms. The second-order valence-electron chi connectivity index (χ2n) is 10.2. The van der Waals surface area contributed by atoms with Crippen LogP contribution in [0.2, 0.25) is 0 Å². The molecule has 1 saturated carbocycles. The number of allylic oxidation sites excluding steroid dienone is 1. The summed E-state index contributed by atoms with van der Waals surface area (Å²) in [5, 5.41) is 10.7. The molecule has 2 aliphatic rings. The monoisotopic (exact) mass is 542 g/mol. The van der Waals surface area contributed by atoms with Gasteiger partial charge in [-0.2, -0.15) is 26.3 Å². The first-order chi connectivity index (χ1) is 18.0. The van der Waals surface area contributed by atoms with Crippen molar-refractivity contribution in [1.29, 1.82) is 0 Å². The summed E-state index contributed by atoms with van der Waals surface area (Å²) in [7, 11) is 0. The smallest absolute Gasteiger partial charge is 0.381 e. The van der Waals surface area contributed by atoms with Crippen LogP contribution < -0.4 is 5.32 Å². The first-order valence-electron chi connectivity index (χ1n) is 13.0. The quantitative estimate of drug-likeness (QED) is 0.296. The van der Waals surface area contributed by atoms with Crippen LogP contribution >= 0.6 is 0 Å². The van der Waals surface area contributed by atoms with Crippen molar-refractivity contribution in [3.05, 3.63) is 76.9 Å². The zero-order chi connectivity index (χ0) is 27.8. The van der Waals surface area contributed by atoms with Crippen molar-refractivity contribution in [2.45, 2.75) is 64.0 Å². The Kier molecular flexibility index (Phi) is 10.8. The van der Waals surface area contributed by atoms with E-state index in [0.29, 0.717) is 12.1 Å². The molecule has 0 bridgehead atoms. The highest BCUT2D eigenvalue weighted by molar-refractivity contribution is 5.49. The maximum atomic E-state index is 12.4. The van der Waals surface area contributed by atoms with Crippen molar-refractivity contribution in [2.75, 3.05) is 19.8 Å². The number of aliphatic hydroxyl groups is 1. The lowest BCUT2D eigenvalue weighted by Crippen LogP contribution is -2.39. The lowest BCUT2D eigenvalue weighted by molar-refractivity contribution is -0.143. The summed E-state index contributed by atoms with van der Waals surface area (Å²) < 4.78 is 74.5. The highest BCUT2D eigenvalue weighted by Gasteiger charge is 2.36. The molecule has 2 aromatic carbocycles. The van der Waals surface area contributed by atoms with Gasteiger partial charge < -0.3 is 10.0 Å². The fraction of sp³-hybridized carbons (Fsp3) is 0.517. The summed E-state index contributed by atoms with van der Waals surface area (Å²) >= 11 is 0. The number of hydrogen-bond acceptors (Lipinski definition) is 3. The van der Waals surface area contributed by atoms with Crippen molar-refractivity contribution in [3.8, 4) is 0 Å². The van der Waals surface area contributed by atoms with E-state index >= 15 is 0 Å². The highest BCUT2D eigenvalue weighted by atomic mass is 19.4. The summed E-state index contributed by atoms with van der Waals surface area (Å²) in [6.07, 6.45) is 2.03. The fourth-order valence-corrected chi connectivity index (χ4v) is 5.12. The van der Waals surface area contributed by atoms with Gasteiger partial charge in [-0.15, -0.1) is 0 Å². The molecule has 1 saturated heterocycles. The lowest BCUT2D eigenvalue weighted by Gasteiger charge is -2.35. The van der Waals surface area contributed by atoms with Gasteiger partial charge in [-0.3, -0.25) is 5.32 Å². The number of piperidine rings is 1. The third-order valence-electron chi connectivity index (χ3n) is 7.21. The van der Waals surface area contributed by atoms with Crippen molar-refractivity contribution >= 4 is 6.08 Å². The average molecular weight is 543 g/mol. The molecule has 2 fully saturated rings. The van der Waals surface area contributed by atoms with Crippen LogP contribution in [0.15, 0.2) is 54.6 Å². The molecule has 210 valence electrons. The Morgan fingerprint density at radius 1 is 0.895 bits per heavy atom. The minimum absolute atomic E-state index is 0.0580. The maximum Gasteiger partial charge on any atom is 0.416 e. The first-order valence-corrected chi connectivity index (χ1v) is 13.0. The van der Waals surface area contributed by atoms with E-state index in [9.17, 15) is 26.3 Å². The topological polar surface area (TPSA) is 35.5 Å². The zero-order valence-electron chi connectivity index (χ0n) is 21.5. The van der Waals surface area contributed by atoms with E-state index in [1.54, 1.807) is 0 Å². The molecule has 9 heteroatoms. The molecule has 1 aliphatic carbocycles. The van der Waals surface area contributed by atoms with E-state index in [4.69, 9.17) is 5.11 Å². The van der Waals surface area contributed by atoms with E-state index < -0.39 is 30.2 Å². The number of aliphatic hydroxyl groups excluding tert-OH is 1. The van der Waals surface area contributed by atoms with Crippen LogP contribution in [-0.4, -0.2) is 35.9 Å². The summed E-state index contributed by atoms with van der Waals surface area (Å²) in [6.45, 7) is 4.19. The summed E-state index contributed by atoms with van der Waals surface area (Å²) in [5.74, 6) is 1.74. The molecule has 1 aliphatic heterocycles. The summed E-state index contributed by atoms with van der Waals surface area (Å²) in [4.78, 5) is 2.76. The predicted molar refractivity (Wildman–Crippen MR) is 137 cm³/mol. The van der Waals surface area contributed by atoms with Crippen LogP contribution in [0.3, 0.4) is 0 Å². The summed E-state index contributed by atoms with van der Waals surface area (Å²) in [5.41, 5.74) is -1.61. The molecular formula is C29H36F6N2O. The van der Waals surface area contributed by atoms with Crippen molar-refractivity contribution in [3.63, 3.8) is 0 Å². The van der Waals surface area contributed by atoms with Gasteiger partial charge in [0.05, 0.1) is 17.9 Å². The third-order valence-corrected chi connectivity index (χ3v) is 7.21. The van der Waals surface area contributed by atoms with E-state index in [1.807, 2.05) is 0 Å². The van der Waals surface area contributed by atoms with Crippen LogP contribution in [-0.2, 0) is 18.9 Å². The molecule has 2 unspecified atom stereocenters. The van der Waals surface area contributed by atoms with Crippen LogP contribution in [0.5, 0.6) is 0 Å². The zero-order valence-corrected chi connectivity index (χ0v) is 21.5. The van der Waals surface area contributed by atoms with Gasteiger partial charge in [0.25, 0.3) is 0 Å². The molecule has 0 aromatic heterocycles. The molecule has 1 heterocycles. The molecule has 2 aromatic rings. The van der Waals surface area contributed by atoms with E-state index in [2.05, 4.69) is 59.6 Å². The van der Waals surface area contributed by atoms with Gasteiger partial charge in [-0.1, -0.05) is 49.4 Å². The predicted octanol–water partition coefficient (Wildman–Crippen LogP) is 7.36. The van der Waals surface area contributed by atoms with Gasteiger partial charge >= 0.3 is 12.4 Å². The second-order valence-corrected chi connectivity index (χ2v) is 10.2. The molecule has 2 atom stereocenters. The Morgan fingerprint density at radius 3 is 2.00 bits per heavy atom. The number of alkyl halides is 6. The highest BCUT2D eigenvalue weighted by Crippen LogP contribution is 2.36. The second kappa shape index (κ2) is 13.6. The Bertz CT molecular complexity index is 982.